The number of nitrogens with zero attached hydrogens (tertiary/aromatic N) is 2. The maximum Gasteiger partial charge on any atom is 0.314 e. The number of fused-ring (bicyclic) bond motifs is 8. The summed E-state index contributed by atoms with van der Waals surface area (Å²) in [6.45, 7) is 12.5. The number of piperazine rings is 1. The Labute approximate surface area is 440 Å². The summed E-state index contributed by atoms with van der Waals surface area (Å²) in [5.74, 6) is 6.39. The van der Waals surface area contributed by atoms with Crippen molar-refractivity contribution in [3.05, 3.63) is 143 Å². The third kappa shape index (κ3) is 9.19. The van der Waals surface area contributed by atoms with Crippen LogP contribution in [0.25, 0.3) is 28.0 Å². The van der Waals surface area contributed by atoms with Gasteiger partial charge in [-0.15, -0.1) is 0 Å². The molecule has 3 aliphatic carbocycles. The van der Waals surface area contributed by atoms with Crippen molar-refractivity contribution in [3.8, 4) is 39.9 Å². The summed E-state index contributed by atoms with van der Waals surface area (Å²) >= 11 is 0. The maximum absolute atomic E-state index is 13.5. The molecule has 8 nitrogen and oxygen atoms in total. The summed E-state index contributed by atoms with van der Waals surface area (Å²) in [7, 11) is 5.17. The Balaban J connectivity index is 0.833. The Bertz CT molecular complexity index is 2960. The molecule has 2 aliphatic heterocycles. The molecular weight excluding hydrogens is 917 g/mol. The fourth-order valence-electron chi connectivity index (χ4n) is 13.8. The van der Waals surface area contributed by atoms with Crippen LogP contribution in [0.2, 0.25) is 0 Å². The van der Waals surface area contributed by atoms with Gasteiger partial charge in [0.25, 0.3) is 0 Å². The molecule has 0 bridgehead atoms. The van der Waals surface area contributed by atoms with Crippen molar-refractivity contribution in [2.24, 2.45) is 23.7 Å². The van der Waals surface area contributed by atoms with Crippen LogP contribution in [0.4, 0.5) is 11.4 Å². The van der Waals surface area contributed by atoms with Gasteiger partial charge in [-0.05, 0) is 158 Å². The van der Waals surface area contributed by atoms with Gasteiger partial charge in [0.2, 0.25) is 0 Å². The van der Waals surface area contributed by atoms with E-state index in [2.05, 4.69) is 116 Å². The van der Waals surface area contributed by atoms with E-state index in [1.807, 2.05) is 36.4 Å². The average Bonchev–Trinajstić information content (AvgIpc) is 3.73. The van der Waals surface area contributed by atoms with Crippen LogP contribution >= 0.6 is 0 Å². The topological polar surface area (TPSA) is 69.7 Å². The Kier molecular flexibility index (Phi) is 13.9. The molecule has 3 fully saturated rings. The quantitative estimate of drug-likeness (QED) is 0.0607. The van der Waals surface area contributed by atoms with E-state index in [1.165, 1.54) is 92.0 Å². The van der Waals surface area contributed by atoms with E-state index in [9.17, 15) is 4.79 Å². The Morgan fingerprint density at radius 1 is 0.662 bits per heavy atom. The minimum Gasteiger partial charge on any atom is -0.497 e. The van der Waals surface area contributed by atoms with Gasteiger partial charge >= 0.3 is 5.97 Å². The van der Waals surface area contributed by atoms with Gasteiger partial charge in [-0.2, -0.15) is 0 Å². The predicted molar refractivity (Wildman–Crippen MR) is 301 cm³/mol. The van der Waals surface area contributed by atoms with E-state index in [0.29, 0.717) is 5.75 Å². The summed E-state index contributed by atoms with van der Waals surface area (Å²) in [6.07, 6.45) is 19.9. The van der Waals surface area contributed by atoms with Crippen molar-refractivity contribution >= 4 is 34.2 Å². The second-order valence-corrected chi connectivity index (χ2v) is 22.6. The first-order valence-electron chi connectivity index (χ1n) is 27.8. The smallest absolute Gasteiger partial charge is 0.314 e. The van der Waals surface area contributed by atoms with Crippen molar-refractivity contribution in [1.29, 1.82) is 0 Å². The Hall–Kier alpha value is -6.41. The van der Waals surface area contributed by atoms with E-state index in [-0.39, 0.29) is 17.3 Å². The minimum atomic E-state index is -0.952. The SMILES string of the molecule is CCCCCC1CCC(C2CCC(C(=O)Oc3ccc(N4CCN(c5cc6c7c(c8c(c6cc5OC)OC(c5ccc(OC)cc5)(c5ccc(OC)cc5)C=C8)C(C)(C)c5cc(C)ccc5-7)CC4)cc3)CC2)CC1. The molecule has 0 radical (unpaired) electrons. The number of carbonyl (C=O) groups is 1. The number of esters is 1. The third-order valence-electron chi connectivity index (χ3n) is 18.0. The average molecular weight is 993 g/mol. The second-order valence-electron chi connectivity index (χ2n) is 22.6. The van der Waals surface area contributed by atoms with Gasteiger partial charge in [-0.25, -0.2) is 0 Å². The van der Waals surface area contributed by atoms with E-state index in [1.54, 1.807) is 21.3 Å². The van der Waals surface area contributed by atoms with Gasteiger partial charge in [0.1, 0.15) is 28.7 Å². The number of ether oxygens (including phenoxy) is 5. The molecule has 0 aromatic heterocycles. The second kappa shape index (κ2) is 20.7. The summed E-state index contributed by atoms with van der Waals surface area (Å²) < 4.78 is 31.3. The lowest BCUT2D eigenvalue weighted by atomic mass is 9.68. The van der Waals surface area contributed by atoms with Crippen LogP contribution in [0.15, 0.2) is 109 Å². The molecular formula is C66H76N2O6. The predicted octanol–water partition coefficient (Wildman–Crippen LogP) is 15.3. The van der Waals surface area contributed by atoms with Gasteiger partial charge < -0.3 is 33.5 Å². The first kappa shape index (κ1) is 49.8. The number of hydrogen-bond donors (Lipinski definition) is 0. The highest BCUT2D eigenvalue weighted by Crippen LogP contribution is 2.59. The highest BCUT2D eigenvalue weighted by atomic mass is 16.5. The highest BCUT2D eigenvalue weighted by Gasteiger charge is 2.45. The van der Waals surface area contributed by atoms with Crippen LogP contribution in [-0.4, -0.2) is 53.5 Å². The minimum absolute atomic E-state index is 0.00466. The molecule has 0 unspecified atom stereocenters. The molecule has 11 rings (SSSR count). The highest BCUT2D eigenvalue weighted by molar-refractivity contribution is 6.10. The van der Waals surface area contributed by atoms with E-state index >= 15 is 0 Å². The van der Waals surface area contributed by atoms with Crippen molar-refractivity contribution in [1.82, 2.24) is 0 Å². The number of carbonyl (C=O) groups excluding carboxylic acids is 1. The molecule has 5 aliphatic rings. The largest absolute Gasteiger partial charge is 0.497 e. The van der Waals surface area contributed by atoms with Crippen molar-refractivity contribution in [2.45, 2.75) is 116 Å². The summed E-state index contributed by atoms with van der Waals surface area (Å²) in [6, 6.07) is 36.1. The van der Waals surface area contributed by atoms with Crippen molar-refractivity contribution in [2.75, 3.05) is 57.3 Å². The lowest BCUT2D eigenvalue weighted by molar-refractivity contribution is -0.140. The molecule has 74 heavy (non-hydrogen) atoms. The van der Waals surface area contributed by atoms with Gasteiger partial charge in [0.15, 0.2) is 5.60 Å². The molecule has 0 N–H and O–H groups in total. The number of unbranched alkanes of at least 4 members (excludes halogenated alkanes) is 2. The van der Waals surface area contributed by atoms with E-state index < -0.39 is 5.60 Å². The monoisotopic (exact) mass is 993 g/mol. The molecule has 8 heteroatoms. The number of benzene rings is 6. The number of anilines is 2. The number of hydrogen-bond acceptors (Lipinski definition) is 8. The molecule has 386 valence electrons. The zero-order valence-corrected chi connectivity index (χ0v) is 44.9. The van der Waals surface area contributed by atoms with Crippen LogP contribution in [0.5, 0.6) is 28.7 Å². The summed E-state index contributed by atoms with van der Waals surface area (Å²) in [5.41, 5.74) is 10.4. The fraction of sp³-hybridized carbons (Fsp3) is 0.439. The Morgan fingerprint density at radius 2 is 1.27 bits per heavy atom. The van der Waals surface area contributed by atoms with Gasteiger partial charge in [-0.3, -0.25) is 4.79 Å². The third-order valence-corrected chi connectivity index (χ3v) is 18.0. The molecule has 0 spiro atoms. The van der Waals surface area contributed by atoms with Crippen molar-refractivity contribution < 1.29 is 28.5 Å². The maximum atomic E-state index is 13.5. The van der Waals surface area contributed by atoms with Gasteiger partial charge in [-0.1, -0.05) is 113 Å². The number of rotatable bonds is 14. The van der Waals surface area contributed by atoms with Crippen LogP contribution in [0.3, 0.4) is 0 Å². The van der Waals surface area contributed by atoms with Crippen LogP contribution in [0.1, 0.15) is 131 Å². The molecule has 2 saturated carbocycles. The lowest BCUT2D eigenvalue weighted by Crippen LogP contribution is -2.46. The van der Waals surface area contributed by atoms with E-state index in [4.69, 9.17) is 23.7 Å². The molecule has 6 aromatic carbocycles. The van der Waals surface area contributed by atoms with Crippen LogP contribution in [0, 0.1) is 30.6 Å². The van der Waals surface area contributed by atoms with Crippen LogP contribution < -0.4 is 33.5 Å². The summed E-state index contributed by atoms with van der Waals surface area (Å²) in [5, 5.41) is 2.16. The first-order valence-corrected chi connectivity index (χ1v) is 27.8. The van der Waals surface area contributed by atoms with Crippen LogP contribution in [-0.2, 0) is 15.8 Å². The lowest BCUT2D eigenvalue weighted by Gasteiger charge is -2.39. The van der Waals surface area contributed by atoms with Crippen molar-refractivity contribution in [3.63, 3.8) is 0 Å². The van der Waals surface area contributed by atoms with E-state index in [0.717, 1.165) is 119 Å². The zero-order chi connectivity index (χ0) is 51.1. The zero-order valence-electron chi connectivity index (χ0n) is 44.9. The number of methoxy groups -OCH3 is 3. The Morgan fingerprint density at radius 3 is 1.88 bits per heavy atom. The first-order chi connectivity index (χ1) is 36.0. The molecule has 2 heterocycles. The summed E-state index contributed by atoms with van der Waals surface area (Å²) in [4.78, 5) is 18.4. The molecule has 6 aromatic rings. The normalized spacial score (nSPS) is 21.6. The molecule has 1 saturated heterocycles. The fourth-order valence-corrected chi connectivity index (χ4v) is 13.8. The standard InChI is InChI=1S/C66H76N2O6/c1-8-9-10-11-44-13-15-45(16-14-44)46-17-19-47(20-18-46)64(69)73-53-31-25-50(26-32-53)67-36-38-68(39-37-67)59-41-56-57(42-60(59)72-7)63-55(62-61(56)54-33-12-43(2)40-58(54)65(62,3)4)34-35-66(74-63,48-21-27-51(70-5)28-22-48)49-23-29-52(71-6)30-24-49/h12,21-35,40-42,44-47H,8-11,13-20,36-39H2,1-7H3. The van der Waals surface area contributed by atoms with Gasteiger partial charge in [0.05, 0.1) is 32.9 Å². The molecule has 0 amide bonds. The molecule has 0 atom stereocenters. The number of aryl methyl sites for hydroxylation is 1. The van der Waals surface area contributed by atoms with Gasteiger partial charge in [0, 0.05) is 59.4 Å².